The van der Waals surface area contributed by atoms with E-state index in [0.29, 0.717) is 0 Å². The fourth-order valence-electron chi connectivity index (χ4n) is 2.22. The molecule has 86 valence electrons. The Morgan fingerprint density at radius 3 is 2.69 bits per heavy atom. The van der Waals surface area contributed by atoms with Gasteiger partial charge in [-0.1, -0.05) is 6.58 Å². The van der Waals surface area contributed by atoms with Gasteiger partial charge in [0.15, 0.2) is 5.82 Å². The van der Waals surface area contributed by atoms with Gasteiger partial charge in [-0.15, -0.1) is 5.10 Å². The summed E-state index contributed by atoms with van der Waals surface area (Å²) in [4.78, 5) is 6.83. The van der Waals surface area contributed by atoms with E-state index < -0.39 is 0 Å². The number of aromatic nitrogens is 3. The van der Waals surface area contributed by atoms with Crippen LogP contribution in [0.2, 0.25) is 0 Å². The summed E-state index contributed by atoms with van der Waals surface area (Å²) in [5.41, 5.74) is 0. The zero-order valence-corrected chi connectivity index (χ0v) is 9.60. The fourth-order valence-corrected chi connectivity index (χ4v) is 2.22. The van der Waals surface area contributed by atoms with Crippen molar-refractivity contribution in [3.8, 4) is 0 Å². The maximum absolute atomic E-state index is 4.60. The van der Waals surface area contributed by atoms with Crippen LogP contribution in [0.3, 0.4) is 0 Å². The Morgan fingerprint density at radius 2 is 2.06 bits per heavy atom. The van der Waals surface area contributed by atoms with E-state index in [1.165, 1.54) is 25.7 Å². The molecular formula is C12H18N4. The summed E-state index contributed by atoms with van der Waals surface area (Å²) in [6.45, 7) is 7.04. The first-order chi connectivity index (χ1) is 7.86. The Morgan fingerprint density at radius 1 is 1.31 bits per heavy atom. The smallest absolute Gasteiger partial charge is 0.245 e. The third kappa shape index (κ3) is 1.84. The zero-order valence-electron chi connectivity index (χ0n) is 9.60. The van der Waals surface area contributed by atoms with Crippen LogP contribution in [0.1, 0.15) is 31.5 Å². The highest BCUT2D eigenvalue weighted by atomic mass is 15.4. The van der Waals surface area contributed by atoms with Crippen LogP contribution in [0.15, 0.2) is 6.58 Å². The average molecular weight is 218 g/mol. The second-order valence-corrected chi connectivity index (χ2v) is 4.79. The number of nitrogens with zero attached hydrogens (tertiary/aromatic N) is 4. The molecule has 0 N–H and O–H groups in total. The van der Waals surface area contributed by atoms with Crippen LogP contribution < -0.4 is 4.90 Å². The lowest BCUT2D eigenvalue weighted by Crippen LogP contribution is -2.19. The Balaban J connectivity index is 1.82. The third-order valence-corrected chi connectivity index (χ3v) is 3.39. The monoisotopic (exact) mass is 218 g/mol. The number of rotatable bonds is 4. The summed E-state index contributed by atoms with van der Waals surface area (Å²) < 4.78 is 2.03. The molecule has 1 aromatic rings. The van der Waals surface area contributed by atoms with Gasteiger partial charge in [0.1, 0.15) is 0 Å². The molecule has 4 heteroatoms. The second kappa shape index (κ2) is 3.92. The summed E-state index contributed by atoms with van der Waals surface area (Å²) in [7, 11) is 0. The van der Waals surface area contributed by atoms with Gasteiger partial charge in [0.25, 0.3) is 0 Å². The van der Waals surface area contributed by atoms with Gasteiger partial charge in [0.2, 0.25) is 5.95 Å². The van der Waals surface area contributed by atoms with Crippen molar-refractivity contribution in [2.24, 2.45) is 5.92 Å². The summed E-state index contributed by atoms with van der Waals surface area (Å²) in [6.07, 6.45) is 7.03. The van der Waals surface area contributed by atoms with E-state index in [-0.39, 0.29) is 0 Å². The molecule has 1 saturated carbocycles. The van der Waals surface area contributed by atoms with Crippen LogP contribution in [-0.2, 0) is 6.54 Å². The van der Waals surface area contributed by atoms with E-state index in [1.807, 2.05) is 10.8 Å². The van der Waals surface area contributed by atoms with Crippen molar-refractivity contribution in [1.82, 2.24) is 14.8 Å². The van der Waals surface area contributed by atoms with Crippen LogP contribution in [-0.4, -0.2) is 27.9 Å². The van der Waals surface area contributed by atoms with Crippen molar-refractivity contribution < 1.29 is 0 Å². The molecule has 1 saturated heterocycles. The molecule has 2 heterocycles. The highest BCUT2D eigenvalue weighted by Crippen LogP contribution is 2.31. The normalized spacial score (nSPS) is 20.4. The van der Waals surface area contributed by atoms with E-state index >= 15 is 0 Å². The summed E-state index contributed by atoms with van der Waals surface area (Å²) >= 11 is 0. The Bertz CT molecular complexity index is 386. The van der Waals surface area contributed by atoms with Gasteiger partial charge in [0, 0.05) is 19.6 Å². The average Bonchev–Trinajstić information content (AvgIpc) is 2.83. The molecule has 2 fully saturated rings. The van der Waals surface area contributed by atoms with E-state index in [9.17, 15) is 0 Å². The summed E-state index contributed by atoms with van der Waals surface area (Å²) in [5.74, 6) is 2.65. The van der Waals surface area contributed by atoms with Crippen LogP contribution >= 0.6 is 0 Å². The predicted molar refractivity (Wildman–Crippen MR) is 64.3 cm³/mol. The standard InChI is InChI=1S/C12H18N4/c1-2-11-13-12(15-7-3-4-8-15)14-16(11)9-10-5-6-10/h2,10H,1,3-9H2. The molecule has 0 aromatic carbocycles. The van der Waals surface area contributed by atoms with Crippen LogP contribution in [0, 0.1) is 5.92 Å². The maximum Gasteiger partial charge on any atom is 0.245 e. The van der Waals surface area contributed by atoms with E-state index in [0.717, 1.165) is 37.3 Å². The Labute approximate surface area is 96.0 Å². The molecule has 2 aliphatic rings. The van der Waals surface area contributed by atoms with Crippen LogP contribution in [0.25, 0.3) is 6.08 Å². The van der Waals surface area contributed by atoms with Crippen molar-refractivity contribution in [3.63, 3.8) is 0 Å². The van der Waals surface area contributed by atoms with Gasteiger partial charge in [-0.25, -0.2) is 4.68 Å². The number of hydrogen-bond donors (Lipinski definition) is 0. The molecular weight excluding hydrogens is 200 g/mol. The largest absolute Gasteiger partial charge is 0.340 e. The molecule has 1 aromatic heterocycles. The molecule has 0 spiro atoms. The van der Waals surface area contributed by atoms with Gasteiger partial charge < -0.3 is 4.90 Å². The first kappa shape index (κ1) is 9.87. The van der Waals surface area contributed by atoms with E-state index in [2.05, 4.69) is 21.6 Å². The summed E-state index contributed by atoms with van der Waals surface area (Å²) in [6, 6.07) is 0. The highest BCUT2D eigenvalue weighted by molar-refractivity contribution is 5.42. The van der Waals surface area contributed by atoms with Gasteiger partial charge in [-0.05, 0) is 37.7 Å². The van der Waals surface area contributed by atoms with Crippen molar-refractivity contribution in [3.05, 3.63) is 12.4 Å². The molecule has 0 radical (unpaired) electrons. The lowest BCUT2D eigenvalue weighted by molar-refractivity contribution is 0.556. The van der Waals surface area contributed by atoms with Crippen LogP contribution in [0.4, 0.5) is 5.95 Å². The van der Waals surface area contributed by atoms with Crippen LogP contribution in [0.5, 0.6) is 0 Å². The molecule has 0 amide bonds. The van der Waals surface area contributed by atoms with Crippen molar-refractivity contribution in [2.45, 2.75) is 32.2 Å². The summed E-state index contributed by atoms with van der Waals surface area (Å²) in [5, 5.41) is 4.60. The molecule has 1 aliphatic carbocycles. The molecule has 0 atom stereocenters. The SMILES string of the molecule is C=Cc1nc(N2CCCC2)nn1CC1CC1. The molecule has 3 rings (SSSR count). The highest BCUT2D eigenvalue weighted by Gasteiger charge is 2.25. The second-order valence-electron chi connectivity index (χ2n) is 4.79. The zero-order chi connectivity index (χ0) is 11.0. The van der Waals surface area contributed by atoms with E-state index in [1.54, 1.807) is 0 Å². The first-order valence-corrected chi connectivity index (χ1v) is 6.19. The maximum atomic E-state index is 4.60. The minimum atomic E-state index is 0.826. The Hall–Kier alpha value is -1.32. The molecule has 0 unspecified atom stereocenters. The topological polar surface area (TPSA) is 34.0 Å². The fraction of sp³-hybridized carbons (Fsp3) is 0.667. The number of anilines is 1. The third-order valence-electron chi connectivity index (χ3n) is 3.39. The minimum absolute atomic E-state index is 0.826. The predicted octanol–water partition coefficient (Wildman–Crippen LogP) is 1.93. The lowest BCUT2D eigenvalue weighted by Gasteiger charge is -2.10. The van der Waals surface area contributed by atoms with Gasteiger partial charge in [-0.3, -0.25) is 0 Å². The molecule has 4 nitrogen and oxygen atoms in total. The molecule has 16 heavy (non-hydrogen) atoms. The van der Waals surface area contributed by atoms with Gasteiger partial charge in [0.05, 0.1) is 0 Å². The minimum Gasteiger partial charge on any atom is -0.340 e. The van der Waals surface area contributed by atoms with Gasteiger partial charge >= 0.3 is 0 Å². The van der Waals surface area contributed by atoms with Crippen molar-refractivity contribution in [1.29, 1.82) is 0 Å². The van der Waals surface area contributed by atoms with Gasteiger partial charge in [-0.2, -0.15) is 4.98 Å². The Kier molecular flexibility index (Phi) is 2.42. The lowest BCUT2D eigenvalue weighted by atomic mass is 10.4. The quantitative estimate of drug-likeness (QED) is 0.774. The van der Waals surface area contributed by atoms with Crippen molar-refractivity contribution >= 4 is 12.0 Å². The molecule has 0 bridgehead atoms. The molecule has 1 aliphatic heterocycles. The first-order valence-electron chi connectivity index (χ1n) is 6.19. The number of hydrogen-bond acceptors (Lipinski definition) is 3. The van der Waals surface area contributed by atoms with E-state index in [4.69, 9.17) is 0 Å². The van der Waals surface area contributed by atoms with Crippen molar-refractivity contribution in [2.75, 3.05) is 18.0 Å².